The number of non-ortho nitro benzene ring substituents is 1. The average molecular weight is 232 g/mol. The number of hydroxylamine groups is 1. The van der Waals surface area contributed by atoms with Crippen LogP contribution in [0, 0.1) is 10.1 Å². The summed E-state index contributed by atoms with van der Waals surface area (Å²) in [6, 6.07) is 4.38. The van der Waals surface area contributed by atoms with Gasteiger partial charge in [-0.15, -0.1) is 0 Å². The summed E-state index contributed by atoms with van der Waals surface area (Å²) in [6.45, 7) is 0. The van der Waals surface area contributed by atoms with Gasteiger partial charge in [-0.1, -0.05) is 0 Å². The molecule has 1 aromatic rings. The Morgan fingerprint density at radius 2 is 1.87 bits per heavy atom. The molecule has 0 fully saturated rings. The first kappa shape index (κ1) is 11.6. The van der Waals surface area contributed by atoms with Crippen LogP contribution < -0.4 is 5.48 Å². The van der Waals surface area contributed by atoms with Crippen molar-refractivity contribution < 1.29 is 17.6 Å². The molecule has 7 nitrogen and oxygen atoms in total. The van der Waals surface area contributed by atoms with E-state index in [0.29, 0.717) is 0 Å². The third-order valence-electron chi connectivity index (χ3n) is 1.53. The fourth-order valence-electron chi connectivity index (χ4n) is 0.892. The Balaban J connectivity index is 3.04. The molecule has 1 rings (SSSR count). The van der Waals surface area contributed by atoms with Gasteiger partial charge in [-0.05, 0) is 12.1 Å². The van der Waals surface area contributed by atoms with Crippen LogP contribution in [-0.2, 0) is 14.4 Å². The second kappa shape index (κ2) is 4.34. The highest BCUT2D eigenvalue weighted by molar-refractivity contribution is 7.86. The Morgan fingerprint density at radius 3 is 2.27 bits per heavy atom. The largest absolute Gasteiger partial charge is 0.312 e. The topological polar surface area (TPSA) is 98.5 Å². The summed E-state index contributed by atoms with van der Waals surface area (Å²) in [5, 5.41) is 10.3. The van der Waals surface area contributed by atoms with Crippen molar-refractivity contribution in [3.8, 4) is 0 Å². The number of hydrogen-bond donors (Lipinski definition) is 1. The van der Waals surface area contributed by atoms with E-state index in [1.807, 2.05) is 5.48 Å². The van der Waals surface area contributed by atoms with Gasteiger partial charge in [-0.25, -0.2) is 0 Å². The third-order valence-corrected chi connectivity index (χ3v) is 2.76. The van der Waals surface area contributed by atoms with E-state index < -0.39 is 15.0 Å². The van der Waals surface area contributed by atoms with Gasteiger partial charge in [0, 0.05) is 19.2 Å². The van der Waals surface area contributed by atoms with Crippen LogP contribution in [0.3, 0.4) is 0 Å². The number of nitrogens with zero attached hydrogens (tertiary/aromatic N) is 1. The third kappa shape index (κ3) is 2.72. The van der Waals surface area contributed by atoms with Gasteiger partial charge in [0.1, 0.15) is 0 Å². The minimum atomic E-state index is -3.89. The summed E-state index contributed by atoms with van der Waals surface area (Å²) in [6.07, 6.45) is 0. The quantitative estimate of drug-likeness (QED) is 0.597. The van der Waals surface area contributed by atoms with Crippen molar-refractivity contribution >= 4 is 15.8 Å². The number of nitrogens with one attached hydrogen (secondary N) is 1. The van der Waals surface area contributed by atoms with Gasteiger partial charge in [0.2, 0.25) is 0 Å². The number of nitro groups is 1. The normalized spacial score (nSPS) is 11.3. The highest BCUT2D eigenvalue weighted by atomic mass is 32.2. The van der Waals surface area contributed by atoms with Crippen LogP contribution in [0.4, 0.5) is 5.69 Å². The van der Waals surface area contributed by atoms with Crippen molar-refractivity contribution in [1.29, 1.82) is 0 Å². The highest BCUT2D eigenvalue weighted by Crippen LogP contribution is 2.16. The molecule has 0 heterocycles. The van der Waals surface area contributed by atoms with Crippen molar-refractivity contribution in [1.82, 2.24) is 5.48 Å². The Labute approximate surface area is 85.9 Å². The summed E-state index contributed by atoms with van der Waals surface area (Å²) in [5.74, 6) is 0. The summed E-state index contributed by atoms with van der Waals surface area (Å²) in [7, 11) is -2.59. The first-order valence-electron chi connectivity index (χ1n) is 3.82. The molecule has 0 aliphatic rings. The minimum absolute atomic E-state index is 0.151. The van der Waals surface area contributed by atoms with Crippen LogP contribution in [0.1, 0.15) is 0 Å². The molecule has 1 N–H and O–H groups in total. The van der Waals surface area contributed by atoms with Gasteiger partial charge in [0.25, 0.3) is 5.69 Å². The standard InChI is InChI=1S/C7H8N2O5S/c1-8-14-15(12,13)7-4-2-6(3-5-7)9(10)11/h2-5,8H,1H3. The number of benzene rings is 1. The zero-order valence-electron chi connectivity index (χ0n) is 7.71. The van der Waals surface area contributed by atoms with Crippen molar-refractivity contribution in [2.24, 2.45) is 0 Å². The fraction of sp³-hybridized carbons (Fsp3) is 0.143. The Kier molecular flexibility index (Phi) is 3.35. The molecule has 0 unspecified atom stereocenters. The minimum Gasteiger partial charge on any atom is -0.258 e. The lowest BCUT2D eigenvalue weighted by Gasteiger charge is -2.02. The molecule has 0 radical (unpaired) electrons. The van der Waals surface area contributed by atoms with Crippen molar-refractivity contribution in [2.75, 3.05) is 7.05 Å². The molecule has 0 amide bonds. The molecule has 0 spiro atoms. The van der Waals surface area contributed by atoms with Gasteiger partial charge in [0.05, 0.1) is 9.82 Å². The molecule has 8 heteroatoms. The molecule has 0 aromatic heterocycles. The Morgan fingerprint density at radius 1 is 1.33 bits per heavy atom. The van der Waals surface area contributed by atoms with E-state index in [2.05, 4.69) is 4.28 Å². The number of rotatable bonds is 4. The molecule has 15 heavy (non-hydrogen) atoms. The maximum atomic E-state index is 11.3. The van der Waals surface area contributed by atoms with Crippen LogP contribution in [0.15, 0.2) is 29.2 Å². The molecule has 82 valence electrons. The molecule has 0 atom stereocenters. The van der Waals surface area contributed by atoms with Crippen molar-refractivity contribution in [3.63, 3.8) is 0 Å². The molecule has 0 aliphatic carbocycles. The first-order chi connectivity index (χ1) is 6.97. The van der Waals surface area contributed by atoms with Crippen LogP contribution in [0.2, 0.25) is 0 Å². The summed E-state index contributed by atoms with van der Waals surface area (Å²) in [4.78, 5) is 9.53. The summed E-state index contributed by atoms with van der Waals surface area (Å²) >= 11 is 0. The predicted octanol–water partition coefficient (Wildman–Crippen LogP) is 0.434. The molecule has 0 aliphatic heterocycles. The zero-order valence-corrected chi connectivity index (χ0v) is 8.52. The van der Waals surface area contributed by atoms with Gasteiger partial charge in [0.15, 0.2) is 0 Å². The molecule has 0 saturated carbocycles. The SMILES string of the molecule is CNOS(=O)(=O)c1ccc([N+](=O)[O-])cc1. The van der Waals surface area contributed by atoms with Crippen molar-refractivity contribution in [2.45, 2.75) is 4.90 Å². The van der Waals surface area contributed by atoms with E-state index in [1.165, 1.54) is 7.05 Å². The molecule has 0 saturated heterocycles. The van der Waals surface area contributed by atoms with Crippen LogP contribution >= 0.6 is 0 Å². The molecule has 1 aromatic carbocycles. The van der Waals surface area contributed by atoms with E-state index >= 15 is 0 Å². The molecular weight excluding hydrogens is 224 g/mol. The molecule has 0 bridgehead atoms. The summed E-state index contributed by atoms with van der Waals surface area (Å²) in [5.41, 5.74) is 1.84. The van der Waals surface area contributed by atoms with Gasteiger partial charge >= 0.3 is 10.1 Å². The van der Waals surface area contributed by atoms with Gasteiger partial charge < -0.3 is 0 Å². The van der Waals surface area contributed by atoms with E-state index in [9.17, 15) is 18.5 Å². The monoisotopic (exact) mass is 232 g/mol. The lowest BCUT2D eigenvalue weighted by atomic mass is 10.3. The predicted molar refractivity (Wildman–Crippen MR) is 50.4 cm³/mol. The lowest BCUT2D eigenvalue weighted by molar-refractivity contribution is -0.384. The number of hydrogen-bond acceptors (Lipinski definition) is 6. The Bertz CT molecular complexity index is 453. The summed E-state index contributed by atoms with van der Waals surface area (Å²) < 4.78 is 26.8. The van der Waals surface area contributed by atoms with Crippen molar-refractivity contribution in [3.05, 3.63) is 34.4 Å². The van der Waals surface area contributed by atoms with Crippen LogP contribution in [0.5, 0.6) is 0 Å². The second-order valence-corrected chi connectivity index (χ2v) is 4.04. The van der Waals surface area contributed by atoms with E-state index in [0.717, 1.165) is 24.3 Å². The van der Waals surface area contributed by atoms with E-state index in [-0.39, 0.29) is 10.6 Å². The Hall–Kier alpha value is -1.51. The van der Waals surface area contributed by atoms with Crippen LogP contribution in [0.25, 0.3) is 0 Å². The second-order valence-electron chi connectivity index (χ2n) is 2.49. The van der Waals surface area contributed by atoms with E-state index in [1.54, 1.807) is 0 Å². The van der Waals surface area contributed by atoms with Gasteiger partial charge in [-0.3, -0.25) is 10.1 Å². The lowest BCUT2D eigenvalue weighted by Crippen LogP contribution is -2.15. The fourth-order valence-corrected chi connectivity index (χ4v) is 1.68. The maximum absolute atomic E-state index is 11.3. The van der Waals surface area contributed by atoms with Gasteiger partial charge in [-0.2, -0.15) is 18.2 Å². The smallest absolute Gasteiger partial charge is 0.258 e. The average Bonchev–Trinajstić information content (AvgIpc) is 2.18. The zero-order chi connectivity index (χ0) is 11.5. The highest BCUT2D eigenvalue weighted by Gasteiger charge is 2.16. The first-order valence-corrected chi connectivity index (χ1v) is 5.23. The van der Waals surface area contributed by atoms with E-state index in [4.69, 9.17) is 0 Å². The maximum Gasteiger partial charge on any atom is 0.312 e. The molecular formula is C7H8N2O5S. The van der Waals surface area contributed by atoms with Crippen LogP contribution in [-0.4, -0.2) is 20.4 Å². The number of nitro benzene ring substituents is 1.